The topological polar surface area (TPSA) is 88.1 Å². The van der Waals surface area contributed by atoms with E-state index in [4.69, 9.17) is 18.9 Å². The van der Waals surface area contributed by atoms with Crippen molar-refractivity contribution < 1.29 is 33.3 Å². The van der Waals surface area contributed by atoms with Crippen molar-refractivity contribution in [3.05, 3.63) is 71.8 Å². The van der Waals surface area contributed by atoms with Crippen LogP contribution in [0.15, 0.2) is 66.3 Å². The van der Waals surface area contributed by atoms with Gasteiger partial charge in [0.25, 0.3) is 0 Å². The lowest BCUT2D eigenvalue weighted by atomic mass is 9.58. The lowest BCUT2D eigenvalue weighted by molar-refractivity contribution is -0.252. The van der Waals surface area contributed by atoms with E-state index in [2.05, 4.69) is 27.4 Å². The number of ketones is 1. The van der Waals surface area contributed by atoms with Gasteiger partial charge in [0.2, 0.25) is 0 Å². The zero-order valence-corrected chi connectivity index (χ0v) is 25.0. The molecule has 3 aliphatic rings. The first kappa shape index (κ1) is 30.9. The molecule has 2 aliphatic carbocycles. The predicted molar refractivity (Wildman–Crippen MR) is 156 cm³/mol. The van der Waals surface area contributed by atoms with Crippen LogP contribution >= 0.6 is 0 Å². The Hall–Kier alpha value is -3.03. The van der Waals surface area contributed by atoms with Crippen LogP contribution in [0.25, 0.3) is 0 Å². The third kappa shape index (κ3) is 6.41. The molecule has 7 nitrogen and oxygen atoms in total. The Bertz CT molecular complexity index is 1200. The maximum Gasteiger partial charge on any atom is 0.338 e. The van der Waals surface area contributed by atoms with E-state index in [1.807, 2.05) is 38.1 Å². The van der Waals surface area contributed by atoms with Crippen LogP contribution in [0.4, 0.5) is 0 Å². The van der Waals surface area contributed by atoms with Crippen molar-refractivity contribution in [2.75, 3.05) is 19.8 Å². The molecule has 1 fully saturated rings. The van der Waals surface area contributed by atoms with Gasteiger partial charge in [-0.1, -0.05) is 68.3 Å². The predicted octanol–water partition coefficient (Wildman–Crippen LogP) is 6.04. The summed E-state index contributed by atoms with van der Waals surface area (Å²) in [4.78, 5) is 40.3. The van der Waals surface area contributed by atoms with Crippen molar-refractivity contribution in [2.45, 2.75) is 78.1 Å². The van der Waals surface area contributed by atoms with Crippen LogP contribution in [-0.2, 0) is 28.5 Å². The number of benzene rings is 1. The highest BCUT2D eigenvalue weighted by atomic mass is 16.6. The van der Waals surface area contributed by atoms with Gasteiger partial charge in [-0.3, -0.25) is 4.79 Å². The Labute approximate surface area is 244 Å². The Morgan fingerprint density at radius 1 is 1.17 bits per heavy atom. The molecule has 1 aliphatic heterocycles. The van der Waals surface area contributed by atoms with Crippen LogP contribution in [0.2, 0.25) is 0 Å². The summed E-state index contributed by atoms with van der Waals surface area (Å²) in [5.41, 5.74) is 1.23. The first-order valence-corrected chi connectivity index (χ1v) is 14.7. The minimum absolute atomic E-state index is 0.112. The van der Waals surface area contributed by atoms with Gasteiger partial charge in [0.05, 0.1) is 12.2 Å². The minimum atomic E-state index is -1.05. The highest BCUT2D eigenvalue weighted by molar-refractivity contribution is 5.89. The zero-order valence-electron chi connectivity index (χ0n) is 25.0. The minimum Gasteiger partial charge on any atom is -0.458 e. The number of esters is 2. The Balaban J connectivity index is 1.83. The van der Waals surface area contributed by atoms with Crippen LogP contribution in [0.5, 0.6) is 0 Å². The fourth-order valence-corrected chi connectivity index (χ4v) is 6.97. The molecule has 222 valence electrons. The second-order valence-electron chi connectivity index (χ2n) is 12.1. The number of hydrogen-bond donors (Lipinski definition) is 0. The molecule has 41 heavy (non-hydrogen) atoms. The number of carbonyl (C=O) groups is 3. The molecule has 6 atom stereocenters. The van der Waals surface area contributed by atoms with Crippen LogP contribution in [0.1, 0.15) is 70.7 Å². The summed E-state index contributed by atoms with van der Waals surface area (Å²) in [5, 5.41) is 0. The second kappa shape index (κ2) is 12.9. The van der Waals surface area contributed by atoms with Crippen molar-refractivity contribution in [2.24, 2.45) is 23.2 Å². The van der Waals surface area contributed by atoms with E-state index in [0.717, 1.165) is 18.4 Å². The monoisotopic (exact) mass is 564 g/mol. The normalized spacial score (nSPS) is 31.9. The molecular weight excluding hydrogens is 520 g/mol. The molecule has 1 saturated heterocycles. The molecular formula is C34H44O7. The van der Waals surface area contributed by atoms with E-state index < -0.39 is 35.2 Å². The summed E-state index contributed by atoms with van der Waals surface area (Å²) in [6.45, 7) is 14.5. The van der Waals surface area contributed by atoms with Crippen LogP contribution in [0.3, 0.4) is 0 Å². The van der Waals surface area contributed by atoms with E-state index in [1.165, 1.54) is 5.57 Å². The summed E-state index contributed by atoms with van der Waals surface area (Å²) in [5.74, 6) is -1.64. The number of hydrogen-bond acceptors (Lipinski definition) is 7. The van der Waals surface area contributed by atoms with Gasteiger partial charge >= 0.3 is 11.9 Å². The van der Waals surface area contributed by atoms with E-state index in [1.54, 1.807) is 24.3 Å². The van der Waals surface area contributed by atoms with Gasteiger partial charge in [-0.05, 0) is 50.7 Å². The van der Waals surface area contributed by atoms with Crippen LogP contribution in [-0.4, -0.2) is 55.4 Å². The van der Waals surface area contributed by atoms with Crippen LogP contribution in [0, 0.1) is 23.2 Å². The first-order valence-electron chi connectivity index (χ1n) is 14.7. The SMILES string of the molecule is C=CC[C@H]1C(=O)[C@H](C)/C=C\[C@H]2OC[C@@]2(OC(=O)COCC)C[C@H](OC(=O)c2ccccc2)[C@@H]2CCC(C)=C1C2(C)C. The van der Waals surface area contributed by atoms with E-state index in [-0.39, 0.29) is 43.2 Å². The fraction of sp³-hybridized carbons (Fsp3) is 0.559. The van der Waals surface area contributed by atoms with Crippen molar-refractivity contribution in [3.8, 4) is 0 Å². The van der Waals surface area contributed by atoms with Crippen molar-refractivity contribution in [3.63, 3.8) is 0 Å². The second-order valence-corrected chi connectivity index (χ2v) is 12.1. The summed E-state index contributed by atoms with van der Waals surface area (Å²) in [7, 11) is 0. The summed E-state index contributed by atoms with van der Waals surface area (Å²) < 4.78 is 23.7. The van der Waals surface area contributed by atoms with Gasteiger partial charge in [-0.25, -0.2) is 9.59 Å². The maximum atomic E-state index is 13.9. The fourth-order valence-electron chi connectivity index (χ4n) is 6.97. The molecule has 0 N–H and O–H groups in total. The molecule has 0 aromatic heterocycles. The van der Waals surface area contributed by atoms with Crippen molar-refractivity contribution in [1.82, 2.24) is 0 Å². The van der Waals surface area contributed by atoms with E-state index >= 15 is 0 Å². The third-order valence-electron chi connectivity index (χ3n) is 9.06. The van der Waals surface area contributed by atoms with Gasteiger partial charge in [0, 0.05) is 30.8 Å². The Morgan fingerprint density at radius 3 is 2.54 bits per heavy atom. The molecule has 1 aromatic carbocycles. The largest absolute Gasteiger partial charge is 0.458 e. The van der Waals surface area contributed by atoms with Crippen molar-refractivity contribution >= 4 is 17.7 Å². The summed E-state index contributed by atoms with van der Waals surface area (Å²) in [6.07, 6.45) is 6.66. The van der Waals surface area contributed by atoms with E-state index in [9.17, 15) is 14.4 Å². The number of allylic oxidation sites excluding steroid dienone is 4. The van der Waals surface area contributed by atoms with Crippen molar-refractivity contribution in [1.29, 1.82) is 0 Å². The molecule has 1 aromatic rings. The molecule has 1 heterocycles. The lowest BCUT2D eigenvalue weighted by Gasteiger charge is -2.52. The highest BCUT2D eigenvalue weighted by Gasteiger charge is 2.56. The quantitative estimate of drug-likeness (QED) is 0.281. The summed E-state index contributed by atoms with van der Waals surface area (Å²) in [6, 6.07) is 8.92. The smallest absolute Gasteiger partial charge is 0.338 e. The van der Waals surface area contributed by atoms with E-state index in [0.29, 0.717) is 18.6 Å². The lowest BCUT2D eigenvalue weighted by Crippen LogP contribution is -2.63. The maximum absolute atomic E-state index is 13.9. The number of ether oxygens (including phenoxy) is 4. The van der Waals surface area contributed by atoms with Crippen LogP contribution < -0.4 is 0 Å². The number of Topliss-reactive ketones (excluding diaryl/α,β-unsaturated/α-hetero) is 1. The third-order valence-corrected chi connectivity index (χ3v) is 9.06. The molecule has 4 rings (SSSR count). The highest BCUT2D eigenvalue weighted by Crippen LogP contribution is 2.53. The average Bonchev–Trinajstić information content (AvgIpc) is 2.93. The standard InChI is InChI=1S/C34H44O7/c1-7-12-25-30-22(3)15-17-26(33(30,5)6)27(40-32(37)24-13-10-9-11-14-24)19-34(41-29(35)20-38-8-2)21-39-28(34)18-16-23(4)31(25)36/h7,9-11,13-14,16,18,23,25-28H,1,8,12,15,17,19-21H2,2-6H3/b18-16-/t23-,25-,26+,27+,28-,34+/m1/s1. The number of rotatable bonds is 8. The molecule has 0 radical (unpaired) electrons. The molecule has 2 bridgehead atoms. The Morgan fingerprint density at radius 2 is 1.90 bits per heavy atom. The molecule has 0 saturated carbocycles. The molecule has 0 unspecified atom stereocenters. The Kier molecular flexibility index (Phi) is 9.70. The van der Waals surface area contributed by atoms with Gasteiger partial charge in [-0.15, -0.1) is 6.58 Å². The number of carbonyl (C=O) groups excluding carboxylic acids is 3. The van der Waals surface area contributed by atoms with Gasteiger partial charge in [0.15, 0.2) is 5.60 Å². The van der Waals surface area contributed by atoms with Gasteiger partial charge in [0.1, 0.15) is 24.6 Å². The number of fused-ring (bicyclic) bond motifs is 3. The molecule has 0 amide bonds. The average molecular weight is 565 g/mol. The zero-order chi connectivity index (χ0) is 29.8. The van der Waals surface area contributed by atoms with Gasteiger partial charge < -0.3 is 18.9 Å². The summed E-state index contributed by atoms with van der Waals surface area (Å²) >= 11 is 0. The van der Waals surface area contributed by atoms with Gasteiger partial charge in [-0.2, -0.15) is 0 Å². The molecule has 7 heteroatoms. The molecule has 0 spiro atoms. The first-order chi connectivity index (χ1) is 19.5.